The Morgan fingerprint density at radius 3 is 2.33 bits per heavy atom. The van der Waals surface area contributed by atoms with E-state index < -0.39 is 12.0 Å². The summed E-state index contributed by atoms with van der Waals surface area (Å²) in [5.41, 5.74) is 0. The van der Waals surface area contributed by atoms with Gasteiger partial charge in [-0.3, -0.25) is 14.5 Å². The molecule has 18 heavy (non-hydrogen) atoms. The zero-order valence-corrected chi connectivity index (χ0v) is 12.1. The van der Waals surface area contributed by atoms with Gasteiger partial charge in [-0.2, -0.15) is 0 Å². The van der Waals surface area contributed by atoms with Crippen LogP contribution >= 0.6 is 12.4 Å². The van der Waals surface area contributed by atoms with Gasteiger partial charge in [0.2, 0.25) is 5.91 Å². The quantitative estimate of drug-likeness (QED) is 0.836. The topological polar surface area (TPSA) is 60.9 Å². The molecule has 1 unspecified atom stereocenters. The molecule has 1 fully saturated rings. The molecule has 0 aromatic rings. The first-order valence-electron chi connectivity index (χ1n) is 6.12. The van der Waals surface area contributed by atoms with Gasteiger partial charge in [-0.15, -0.1) is 12.4 Å². The van der Waals surface area contributed by atoms with Gasteiger partial charge in [-0.25, -0.2) is 0 Å². The number of piperidine rings is 1. The molecule has 0 saturated carbocycles. The highest BCUT2D eigenvalue weighted by Gasteiger charge is 2.24. The Hall–Kier alpha value is -0.810. The van der Waals surface area contributed by atoms with Gasteiger partial charge in [0.05, 0.1) is 6.54 Å². The summed E-state index contributed by atoms with van der Waals surface area (Å²) in [6.45, 7) is 5.57. The Balaban J connectivity index is 0.00000289. The largest absolute Gasteiger partial charge is 0.480 e. The Kier molecular flexibility index (Phi) is 7.25. The van der Waals surface area contributed by atoms with Crippen LogP contribution in [0.4, 0.5) is 0 Å². The summed E-state index contributed by atoms with van der Waals surface area (Å²) in [6.07, 6.45) is 2.09. The third-order valence-corrected chi connectivity index (χ3v) is 3.54. The molecule has 0 bridgehead atoms. The third kappa shape index (κ3) is 4.82. The van der Waals surface area contributed by atoms with Crippen LogP contribution in [0.3, 0.4) is 0 Å². The van der Waals surface area contributed by atoms with Crippen LogP contribution in [0.1, 0.15) is 26.7 Å². The summed E-state index contributed by atoms with van der Waals surface area (Å²) in [5, 5.41) is 8.84. The fourth-order valence-electron chi connectivity index (χ4n) is 1.90. The SMILES string of the molecule is CC1CCN(C(=O)CN(C)C(C)C(=O)O)CC1.Cl. The van der Waals surface area contributed by atoms with Crippen LogP contribution in [-0.4, -0.2) is 59.5 Å². The maximum atomic E-state index is 11.9. The molecule has 106 valence electrons. The normalized spacial score (nSPS) is 18.3. The van der Waals surface area contributed by atoms with Gasteiger partial charge in [0.1, 0.15) is 6.04 Å². The number of likely N-dealkylation sites (N-methyl/N-ethyl adjacent to an activating group) is 1. The second-order valence-electron chi connectivity index (χ2n) is 4.99. The van der Waals surface area contributed by atoms with Gasteiger partial charge in [0.15, 0.2) is 0 Å². The molecular weight excluding hydrogens is 256 g/mol. The number of carboxylic acid groups (broad SMARTS) is 1. The lowest BCUT2D eigenvalue weighted by Crippen LogP contribution is -2.46. The van der Waals surface area contributed by atoms with Crippen molar-refractivity contribution < 1.29 is 14.7 Å². The van der Waals surface area contributed by atoms with Crippen LogP contribution < -0.4 is 0 Å². The molecule has 0 radical (unpaired) electrons. The molecule has 5 nitrogen and oxygen atoms in total. The van der Waals surface area contributed by atoms with Gasteiger partial charge in [-0.05, 0) is 32.7 Å². The molecule has 0 spiro atoms. The summed E-state index contributed by atoms with van der Waals surface area (Å²) in [4.78, 5) is 26.1. The number of hydrogen-bond acceptors (Lipinski definition) is 3. The maximum absolute atomic E-state index is 11.9. The van der Waals surface area contributed by atoms with Crippen LogP contribution in [0.25, 0.3) is 0 Å². The highest BCUT2D eigenvalue weighted by Crippen LogP contribution is 2.16. The number of nitrogens with zero attached hydrogens (tertiary/aromatic N) is 2. The Morgan fingerprint density at radius 1 is 1.39 bits per heavy atom. The first-order chi connectivity index (χ1) is 7.91. The van der Waals surface area contributed by atoms with Crippen molar-refractivity contribution in [2.24, 2.45) is 5.92 Å². The first-order valence-corrected chi connectivity index (χ1v) is 6.12. The van der Waals surface area contributed by atoms with E-state index in [9.17, 15) is 9.59 Å². The summed E-state index contributed by atoms with van der Waals surface area (Å²) in [6, 6.07) is -0.623. The minimum atomic E-state index is -0.896. The standard InChI is InChI=1S/C12H22N2O3.ClH/c1-9-4-6-14(7-5-9)11(15)8-13(3)10(2)12(16)17;/h9-10H,4-8H2,1-3H3,(H,16,17);1H. The van der Waals surface area contributed by atoms with E-state index in [1.165, 1.54) is 0 Å². The molecule has 1 rings (SSSR count). The number of carbonyl (C=O) groups is 2. The van der Waals surface area contributed by atoms with Gasteiger partial charge >= 0.3 is 5.97 Å². The summed E-state index contributed by atoms with van der Waals surface area (Å²) < 4.78 is 0. The van der Waals surface area contributed by atoms with Crippen molar-refractivity contribution in [1.29, 1.82) is 0 Å². The average molecular weight is 279 g/mol. The molecule has 0 aromatic carbocycles. The van der Waals surface area contributed by atoms with Gasteiger partial charge < -0.3 is 10.0 Å². The number of aliphatic carboxylic acids is 1. The van der Waals surface area contributed by atoms with E-state index in [2.05, 4.69) is 6.92 Å². The monoisotopic (exact) mass is 278 g/mol. The van der Waals surface area contributed by atoms with E-state index in [1.807, 2.05) is 4.90 Å². The lowest BCUT2D eigenvalue weighted by Gasteiger charge is -2.32. The number of likely N-dealkylation sites (tertiary alicyclic amines) is 1. The van der Waals surface area contributed by atoms with E-state index in [-0.39, 0.29) is 24.9 Å². The summed E-state index contributed by atoms with van der Waals surface area (Å²) >= 11 is 0. The number of halogens is 1. The Labute approximate surface area is 115 Å². The van der Waals surface area contributed by atoms with Crippen LogP contribution in [0.15, 0.2) is 0 Å². The van der Waals surface area contributed by atoms with E-state index in [0.717, 1.165) is 25.9 Å². The maximum Gasteiger partial charge on any atom is 0.320 e. The number of amides is 1. The zero-order valence-electron chi connectivity index (χ0n) is 11.3. The molecule has 6 heteroatoms. The smallest absolute Gasteiger partial charge is 0.320 e. The molecule has 0 aliphatic carbocycles. The predicted octanol–water partition coefficient (Wildman–Crippen LogP) is 1.07. The predicted molar refractivity (Wildman–Crippen MR) is 72.0 cm³/mol. The van der Waals surface area contributed by atoms with Crippen molar-refractivity contribution in [3.63, 3.8) is 0 Å². The minimum Gasteiger partial charge on any atom is -0.480 e. The highest BCUT2D eigenvalue weighted by atomic mass is 35.5. The third-order valence-electron chi connectivity index (χ3n) is 3.54. The first kappa shape index (κ1) is 17.2. The van der Waals surface area contributed by atoms with E-state index in [0.29, 0.717) is 5.92 Å². The second-order valence-corrected chi connectivity index (χ2v) is 4.99. The van der Waals surface area contributed by atoms with Crippen LogP contribution in [-0.2, 0) is 9.59 Å². The average Bonchev–Trinajstić information content (AvgIpc) is 2.28. The lowest BCUT2D eigenvalue weighted by molar-refractivity contribution is -0.143. The van der Waals surface area contributed by atoms with Gasteiger partial charge in [-0.1, -0.05) is 6.92 Å². The van der Waals surface area contributed by atoms with Crippen LogP contribution in [0.5, 0.6) is 0 Å². The number of carboxylic acids is 1. The molecule has 1 aliphatic heterocycles. The van der Waals surface area contributed by atoms with Gasteiger partial charge in [0, 0.05) is 13.1 Å². The van der Waals surface area contributed by atoms with E-state index in [1.54, 1.807) is 18.9 Å². The molecule has 1 amide bonds. The number of carbonyl (C=O) groups excluding carboxylic acids is 1. The molecule has 0 aromatic heterocycles. The van der Waals surface area contributed by atoms with Crippen molar-refractivity contribution in [3.8, 4) is 0 Å². The van der Waals surface area contributed by atoms with Crippen molar-refractivity contribution >= 4 is 24.3 Å². The highest BCUT2D eigenvalue weighted by molar-refractivity contribution is 5.85. The lowest BCUT2D eigenvalue weighted by atomic mass is 9.99. The van der Waals surface area contributed by atoms with Crippen LogP contribution in [0.2, 0.25) is 0 Å². The van der Waals surface area contributed by atoms with Crippen molar-refractivity contribution in [1.82, 2.24) is 9.80 Å². The van der Waals surface area contributed by atoms with E-state index >= 15 is 0 Å². The van der Waals surface area contributed by atoms with Crippen LogP contribution in [0, 0.1) is 5.92 Å². The Bertz CT molecular complexity index is 291. The molecule has 1 atom stereocenters. The molecular formula is C12H23ClN2O3. The number of hydrogen-bond donors (Lipinski definition) is 1. The fourth-order valence-corrected chi connectivity index (χ4v) is 1.90. The van der Waals surface area contributed by atoms with E-state index in [4.69, 9.17) is 5.11 Å². The summed E-state index contributed by atoms with van der Waals surface area (Å²) in [5.74, 6) is -0.171. The fraction of sp³-hybridized carbons (Fsp3) is 0.833. The van der Waals surface area contributed by atoms with Crippen molar-refractivity contribution in [2.75, 3.05) is 26.7 Å². The molecule has 1 heterocycles. The number of rotatable bonds is 4. The molecule has 1 aliphatic rings. The second kappa shape index (κ2) is 7.59. The van der Waals surface area contributed by atoms with Crippen molar-refractivity contribution in [3.05, 3.63) is 0 Å². The van der Waals surface area contributed by atoms with Crippen molar-refractivity contribution in [2.45, 2.75) is 32.7 Å². The Morgan fingerprint density at radius 2 is 1.89 bits per heavy atom. The zero-order chi connectivity index (χ0) is 13.0. The molecule has 1 saturated heterocycles. The summed E-state index contributed by atoms with van der Waals surface area (Å²) in [7, 11) is 1.67. The molecule has 1 N–H and O–H groups in total. The van der Waals surface area contributed by atoms with Gasteiger partial charge in [0.25, 0.3) is 0 Å². The minimum absolute atomic E-state index is 0.